The lowest BCUT2D eigenvalue weighted by molar-refractivity contribution is 0.0816. The Balaban J connectivity index is 2.70. The molecule has 0 saturated carbocycles. The summed E-state index contributed by atoms with van der Waals surface area (Å²) in [6.07, 6.45) is 1.50. The number of halogens is 4. The summed E-state index contributed by atoms with van der Waals surface area (Å²) in [5.41, 5.74) is 0.648. The topological polar surface area (TPSA) is 38.7 Å². The highest BCUT2D eigenvalue weighted by atomic mass is 35.5. The Kier molecular flexibility index (Phi) is 7.91. The first kappa shape index (κ1) is 16.9. The van der Waals surface area contributed by atoms with Gasteiger partial charge < -0.3 is 14.6 Å². The molecule has 0 fully saturated rings. The molecule has 0 aromatic heterocycles. The zero-order valence-corrected chi connectivity index (χ0v) is 12.9. The van der Waals surface area contributed by atoms with E-state index in [4.69, 9.17) is 61.0 Å². The van der Waals surface area contributed by atoms with Crippen LogP contribution < -0.4 is 4.74 Å². The van der Waals surface area contributed by atoms with Gasteiger partial charge in [-0.25, -0.2) is 0 Å². The lowest BCUT2D eigenvalue weighted by Gasteiger charge is -2.10. The molecule has 0 radical (unpaired) electrons. The monoisotopic (exact) mass is 344 g/mol. The van der Waals surface area contributed by atoms with Crippen molar-refractivity contribution in [1.82, 2.24) is 0 Å². The fraction of sp³-hybridized carbons (Fsp3) is 0.333. The number of aliphatic hydroxyl groups excluding tert-OH is 1. The molecule has 0 amide bonds. The predicted octanol–water partition coefficient (Wildman–Crippen LogP) is 4.20. The normalized spacial score (nSPS) is 10.4. The van der Waals surface area contributed by atoms with Crippen LogP contribution >= 0.6 is 46.4 Å². The summed E-state index contributed by atoms with van der Waals surface area (Å²) < 4.78 is 10.7. The van der Waals surface area contributed by atoms with Crippen molar-refractivity contribution < 1.29 is 14.6 Å². The molecule has 1 N–H and O–H groups in total. The molecule has 0 spiro atoms. The number of hydrogen-bond acceptors (Lipinski definition) is 3. The lowest BCUT2D eigenvalue weighted by Crippen LogP contribution is -2.01. The van der Waals surface area contributed by atoms with Gasteiger partial charge in [0.2, 0.25) is 0 Å². The maximum Gasteiger partial charge on any atom is 0.122 e. The Labute approximate surface area is 131 Å². The molecule has 0 heterocycles. The van der Waals surface area contributed by atoms with Crippen LogP contribution in [-0.4, -0.2) is 24.9 Å². The fourth-order valence-electron chi connectivity index (χ4n) is 1.24. The highest BCUT2D eigenvalue weighted by Gasteiger charge is 2.09. The number of hydrogen-bond donors (Lipinski definition) is 1. The SMILES string of the molecule is OCCOCc1c(Cl)cc(OCC=C(Cl)Cl)cc1Cl. The van der Waals surface area contributed by atoms with Crippen molar-refractivity contribution >= 4 is 46.4 Å². The van der Waals surface area contributed by atoms with E-state index < -0.39 is 0 Å². The van der Waals surface area contributed by atoms with Crippen molar-refractivity contribution in [3.63, 3.8) is 0 Å². The second-order valence-electron chi connectivity index (χ2n) is 3.45. The smallest absolute Gasteiger partial charge is 0.122 e. The fourth-order valence-corrected chi connectivity index (χ4v) is 1.94. The summed E-state index contributed by atoms with van der Waals surface area (Å²) in [5, 5.41) is 9.49. The molecular weight excluding hydrogens is 334 g/mol. The average molecular weight is 346 g/mol. The largest absolute Gasteiger partial charge is 0.489 e. The van der Waals surface area contributed by atoms with E-state index in [1.807, 2.05) is 0 Å². The Morgan fingerprint density at radius 3 is 2.37 bits per heavy atom. The summed E-state index contributed by atoms with van der Waals surface area (Å²) in [6, 6.07) is 3.25. The van der Waals surface area contributed by atoms with E-state index >= 15 is 0 Å². The highest BCUT2D eigenvalue weighted by Crippen LogP contribution is 2.31. The molecule has 1 aromatic carbocycles. The highest BCUT2D eigenvalue weighted by molar-refractivity contribution is 6.55. The first-order valence-electron chi connectivity index (χ1n) is 5.35. The van der Waals surface area contributed by atoms with Gasteiger partial charge in [0.15, 0.2) is 0 Å². The Bertz CT molecular complexity index is 422. The molecule has 0 bridgehead atoms. The molecule has 0 aliphatic rings. The summed E-state index contributed by atoms with van der Waals surface area (Å²) in [5.74, 6) is 0.506. The third-order valence-corrected chi connectivity index (χ3v) is 3.07. The van der Waals surface area contributed by atoms with Gasteiger partial charge >= 0.3 is 0 Å². The first-order chi connectivity index (χ1) is 9.04. The van der Waals surface area contributed by atoms with Crippen molar-refractivity contribution in [1.29, 1.82) is 0 Å². The molecular formula is C12H12Cl4O3. The van der Waals surface area contributed by atoms with Crippen LogP contribution in [0.4, 0.5) is 0 Å². The summed E-state index contributed by atoms with van der Waals surface area (Å²) >= 11 is 23.1. The van der Waals surface area contributed by atoms with E-state index in [0.717, 1.165) is 0 Å². The molecule has 1 rings (SSSR count). The summed E-state index contributed by atoms with van der Waals surface area (Å²) in [7, 11) is 0. The van der Waals surface area contributed by atoms with Crippen LogP contribution in [0.1, 0.15) is 5.56 Å². The van der Waals surface area contributed by atoms with Crippen LogP contribution in [0.3, 0.4) is 0 Å². The van der Waals surface area contributed by atoms with E-state index in [-0.39, 0.29) is 30.9 Å². The Morgan fingerprint density at radius 1 is 1.21 bits per heavy atom. The van der Waals surface area contributed by atoms with Crippen molar-refractivity contribution in [2.75, 3.05) is 19.8 Å². The number of rotatable bonds is 7. The molecule has 0 aliphatic heterocycles. The van der Waals surface area contributed by atoms with Crippen LogP contribution in [0.25, 0.3) is 0 Å². The summed E-state index contributed by atoms with van der Waals surface area (Å²) in [4.78, 5) is 0. The van der Waals surface area contributed by atoms with Crippen molar-refractivity contribution in [3.05, 3.63) is 38.3 Å². The minimum Gasteiger partial charge on any atom is -0.489 e. The van der Waals surface area contributed by atoms with Crippen molar-refractivity contribution in [3.8, 4) is 5.75 Å². The predicted molar refractivity (Wildman–Crippen MR) is 78.5 cm³/mol. The van der Waals surface area contributed by atoms with Gasteiger partial charge in [0.1, 0.15) is 16.8 Å². The van der Waals surface area contributed by atoms with E-state index in [1.54, 1.807) is 12.1 Å². The standard InChI is InChI=1S/C12H12Cl4O3/c13-10-5-8(19-3-1-12(15)16)6-11(14)9(10)7-18-4-2-17/h1,5-6,17H,2-4,7H2. The average Bonchev–Trinajstić information content (AvgIpc) is 2.32. The summed E-state index contributed by atoms with van der Waals surface area (Å²) in [6.45, 7) is 0.618. The van der Waals surface area contributed by atoms with Crippen LogP contribution in [0.2, 0.25) is 10.0 Å². The van der Waals surface area contributed by atoms with Gasteiger partial charge in [0, 0.05) is 5.56 Å². The van der Waals surface area contributed by atoms with Gasteiger partial charge in [-0.1, -0.05) is 46.4 Å². The second-order valence-corrected chi connectivity index (χ2v) is 5.27. The third kappa shape index (κ3) is 6.21. The molecule has 0 atom stereocenters. The van der Waals surface area contributed by atoms with Gasteiger partial charge in [-0.3, -0.25) is 0 Å². The Hall–Kier alpha value is -0.160. The van der Waals surface area contributed by atoms with Crippen LogP contribution in [0.15, 0.2) is 22.7 Å². The second kappa shape index (κ2) is 8.90. The van der Waals surface area contributed by atoms with Gasteiger partial charge in [-0.05, 0) is 18.2 Å². The van der Waals surface area contributed by atoms with Gasteiger partial charge in [-0.15, -0.1) is 0 Å². The number of benzene rings is 1. The van der Waals surface area contributed by atoms with E-state index in [1.165, 1.54) is 6.08 Å². The number of ether oxygens (including phenoxy) is 2. The minimum atomic E-state index is -0.0536. The van der Waals surface area contributed by atoms with E-state index in [9.17, 15) is 0 Å². The zero-order valence-electron chi connectivity index (χ0n) is 9.84. The van der Waals surface area contributed by atoms with Crippen molar-refractivity contribution in [2.24, 2.45) is 0 Å². The van der Waals surface area contributed by atoms with E-state index in [0.29, 0.717) is 21.4 Å². The maximum absolute atomic E-state index is 8.63. The van der Waals surface area contributed by atoms with E-state index in [2.05, 4.69) is 0 Å². The maximum atomic E-state index is 8.63. The lowest BCUT2D eigenvalue weighted by atomic mass is 10.2. The van der Waals surface area contributed by atoms with Crippen molar-refractivity contribution in [2.45, 2.75) is 6.61 Å². The molecule has 19 heavy (non-hydrogen) atoms. The Morgan fingerprint density at radius 2 is 1.84 bits per heavy atom. The molecule has 0 unspecified atom stereocenters. The molecule has 3 nitrogen and oxygen atoms in total. The first-order valence-corrected chi connectivity index (χ1v) is 6.86. The van der Waals surface area contributed by atoms with Gasteiger partial charge in [0.05, 0.1) is 29.9 Å². The molecule has 106 valence electrons. The third-order valence-electron chi connectivity index (χ3n) is 2.08. The quantitative estimate of drug-likeness (QED) is 0.752. The zero-order chi connectivity index (χ0) is 14.3. The number of aliphatic hydroxyl groups is 1. The molecule has 0 saturated heterocycles. The molecule has 1 aromatic rings. The minimum absolute atomic E-state index is 0.0536. The van der Waals surface area contributed by atoms with Crippen LogP contribution in [0.5, 0.6) is 5.75 Å². The van der Waals surface area contributed by atoms with Gasteiger partial charge in [-0.2, -0.15) is 0 Å². The molecule has 0 aliphatic carbocycles. The van der Waals surface area contributed by atoms with Crippen LogP contribution in [0, 0.1) is 0 Å². The van der Waals surface area contributed by atoms with Crippen LogP contribution in [-0.2, 0) is 11.3 Å². The molecule has 7 heteroatoms. The van der Waals surface area contributed by atoms with Gasteiger partial charge in [0.25, 0.3) is 0 Å².